The van der Waals surface area contributed by atoms with Crippen LogP contribution in [0.5, 0.6) is 11.5 Å². The molecule has 1 aromatic carbocycles. The minimum Gasteiger partial charge on any atom is -0.496 e. The first-order valence-corrected chi connectivity index (χ1v) is 16.0. The molecule has 0 heterocycles. The summed E-state index contributed by atoms with van der Waals surface area (Å²) in [7, 11) is 1.39. The summed E-state index contributed by atoms with van der Waals surface area (Å²) in [6.45, 7) is 1.71. The molecule has 0 aliphatic heterocycles. The summed E-state index contributed by atoms with van der Waals surface area (Å²) in [5, 5.41) is 25.3. The Morgan fingerprint density at radius 2 is 1.71 bits per heavy atom. The van der Waals surface area contributed by atoms with Gasteiger partial charge in [-0.2, -0.15) is 18.4 Å². The van der Waals surface area contributed by atoms with E-state index in [4.69, 9.17) is 9.47 Å². The van der Waals surface area contributed by atoms with Gasteiger partial charge in [0.2, 0.25) is 5.91 Å². The van der Waals surface area contributed by atoms with Crippen LogP contribution in [-0.4, -0.2) is 54.4 Å². The van der Waals surface area contributed by atoms with Crippen LogP contribution in [-0.2, 0) is 9.59 Å². The Hall–Kier alpha value is -3.49. The summed E-state index contributed by atoms with van der Waals surface area (Å²) >= 11 is 0. The predicted octanol–water partition coefficient (Wildman–Crippen LogP) is 5.75. The van der Waals surface area contributed by atoms with E-state index in [9.17, 15) is 37.9 Å². The molecule has 4 aliphatic rings. The highest BCUT2D eigenvalue weighted by Gasteiger charge is 2.52. The second-order valence-electron chi connectivity index (χ2n) is 13.7. The fraction of sp³-hybridized carbons (Fsp3) is 0.697. The van der Waals surface area contributed by atoms with Gasteiger partial charge in [-0.1, -0.05) is 12.8 Å². The average Bonchev–Trinajstić information content (AvgIpc) is 3.60. The van der Waals surface area contributed by atoms with Crippen molar-refractivity contribution < 1.29 is 42.1 Å². The summed E-state index contributed by atoms with van der Waals surface area (Å²) in [4.78, 5) is 39.1. The van der Waals surface area contributed by atoms with Crippen LogP contribution in [0.2, 0.25) is 0 Å². The van der Waals surface area contributed by atoms with Crippen LogP contribution in [0, 0.1) is 40.4 Å². The maximum absolute atomic E-state index is 13.8. The number of alkyl halides is 3. The number of hydrogen-bond donors (Lipinski definition) is 3. The van der Waals surface area contributed by atoms with Gasteiger partial charge in [-0.3, -0.25) is 14.4 Å². The minimum absolute atomic E-state index is 0.0366. The second kappa shape index (κ2) is 13.1. The molecular formula is C33H42F3N3O6. The van der Waals surface area contributed by atoms with Gasteiger partial charge in [-0.15, -0.1) is 0 Å². The minimum atomic E-state index is -4.30. The predicted molar refractivity (Wildman–Crippen MR) is 156 cm³/mol. The molecule has 4 aliphatic carbocycles. The molecule has 0 spiro atoms. The molecule has 4 saturated carbocycles. The molecule has 246 valence electrons. The number of nitrogens with zero attached hydrogens (tertiary/aromatic N) is 1. The lowest BCUT2D eigenvalue weighted by Crippen LogP contribution is -2.53. The number of halogens is 3. The number of ether oxygens (including phenoxy) is 2. The molecule has 9 nitrogen and oxygen atoms in total. The number of methoxy groups -OCH3 is 1. The van der Waals surface area contributed by atoms with Crippen molar-refractivity contribution in [1.29, 1.82) is 5.26 Å². The van der Waals surface area contributed by atoms with Gasteiger partial charge in [0.25, 0.3) is 5.91 Å². The molecule has 0 unspecified atom stereocenters. The van der Waals surface area contributed by atoms with E-state index in [-0.39, 0.29) is 46.5 Å². The number of hydrogen-bond acceptors (Lipinski definition) is 6. The zero-order valence-electron chi connectivity index (χ0n) is 25.8. The van der Waals surface area contributed by atoms with Crippen molar-refractivity contribution in [1.82, 2.24) is 10.6 Å². The van der Waals surface area contributed by atoms with Crippen molar-refractivity contribution in [3.63, 3.8) is 0 Å². The highest BCUT2D eigenvalue weighted by Crippen LogP contribution is 2.49. The van der Waals surface area contributed by atoms with E-state index < -0.39 is 53.8 Å². The number of carboxylic acid groups (broad SMARTS) is 1. The van der Waals surface area contributed by atoms with Crippen molar-refractivity contribution >= 4 is 17.8 Å². The van der Waals surface area contributed by atoms with Crippen LogP contribution < -0.4 is 20.1 Å². The Kier molecular flexibility index (Phi) is 9.57. The third-order valence-electron chi connectivity index (χ3n) is 10.8. The highest BCUT2D eigenvalue weighted by molar-refractivity contribution is 5.98. The third-order valence-corrected chi connectivity index (χ3v) is 10.8. The van der Waals surface area contributed by atoms with Gasteiger partial charge < -0.3 is 25.2 Å². The largest absolute Gasteiger partial charge is 0.496 e. The van der Waals surface area contributed by atoms with Crippen LogP contribution in [0.15, 0.2) is 12.1 Å². The summed E-state index contributed by atoms with van der Waals surface area (Å²) in [5.41, 5.74) is -0.520. The molecule has 2 amide bonds. The third kappa shape index (κ3) is 7.17. The van der Waals surface area contributed by atoms with Gasteiger partial charge in [0, 0.05) is 24.6 Å². The molecule has 0 aromatic heterocycles. The van der Waals surface area contributed by atoms with E-state index in [1.54, 1.807) is 6.92 Å². The number of amides is 2. The molecule has 1 aromatic rings. The zero-order valence-corrected chi connectivity index (χ0v) is 25.8. The van der Waals surface area contributed by atoms with E-state index in [0.29, 0.717) is 44.9 Å². The van der Waals surface area contributed by atoms with Gasteiger partial charge in [0.05, 0.1) is 35.7 Å². The van der Waals surface area contributed by atoms with Crippen molar-refractivity contribution in [3.05, 3.63) is 23.3 Å². The number of aliphatic carboxylic acids is 1. The fourth-order valence-electron chi connectivity index (χ4n) is 8.15. The highest BCUT2D eigenvalue weighted by atomic mass is 19.4. The van der Waals surface area contributed by atoms with E-state index in [2.05, 4.69) is 16.7 Å². The van der Waals surface area contributed by atoms with Crippen molar-refractivity contribution in [2.75, 3.05) is 7.11 Å². The summed E-state index contributed by atoms with van der Waals surface area (Å²) < 4.78 is 51.4. The summed E-state index contributed by atoms with van der Waals surface area (Å²) in [6.07, 6.45) is 1.08. The molecule has 3 N–H and O–H groups in total. The van der Waals surface area contributed by atoms with Crippen molar-refractivity contribution in [3.8, 4) is 17.6 Å². The van der Waals surface area contributed by atoms with Gasteiger partial charge in [-0.25, -0.2) is 0 Å². The molecule has 4 fully saturated rings. The van der Waals surface area contributed by atoms with Crippen LogP contribution in [0.4, 0.5) is 13.2 Å². The SMILES string of the molecule is COc1cc(C#N)c(O[C@H]2CC[C@@](C)(C(=O)O)CC2)cc1C(=O)N[C@@H]1[C@H]2CC[C@H](C2)[C@@H]1C(=O)N[C@H]1CCCC[C@H]1CC(F)(F)F. The van der Waals surface area contributed by atoms with Crippen LogP contribution in [0.25, 0.3) is 0 Å². The number of nitrogens with one attached hydrogen (secondary N) is 2. The number of fused-ring (bicyclic) bond motifs is 2. The Bertz CT molecular complexity index is 1340. The Labute approximate surface area is 261 Å². The Morgan fingerprint density at radius 3 is 2.36 bits per heavy atom. The number of carbonyl (C=O) groups is 3. The molecule has 12 heteroatoms. The Balaban J connectivity index is 1.31. The van der Waals surface area contributed by atoms with E-state index >= 15 is 0 Å². The lowest BCUT2D eigenvalue weighted by molar-refractivity contribution is -0.151. The van der Waals surface area contributed by atoms with Crippen LogP contribution >= 0.6 is 0 Å². The van der Waals surface area contributed by atoms with Gasteiger partial charge >= 0.3 is 12.1 Å². The topological polar surface area (TPSA) is 138 Å². The molecule has 45 heavy (non-hydrogen) atoms. The first kappa shape index (κ1) is 32.9. The molecule has 0 saturated heterocycles. The lowest BCUT2D eigenvalue weighted by Gasteiger charge is -2.36. The number of carbonyl (C=O) groups excluding carboxylic acids is 2. The molecule has 0 radical (unpaired) electrons. The summed E-state index contributed by atoms with van der Waals surface area (Å²) in [6, 6.07) is 3.94. The van der Waals surface area contributed by atoms with Crippen LogP contribution in [0.3, 0.4) is 0 Å². The molecule has 6 atom stereocenters. The van der Waals surface area contributed by atoms with E-state index in [1.165, 1.54) is 19.2 Å². The monoisotopic (exact) mass is 633 g/mol. The van der Waals surface area contributed by atoms with Gasteiger partial charge in [-0.05, 0) is 88.5 Å². The average molecular weight is 634 g/mol. The standard InChI is InChI=1S/C33H42F3N3O6/c1-32(31(42)43)11-9-22(10-12-32)45-25-15-23(26(44-2)14-21(25)17-37)29(40)39-28-19-8-7-18(13-19)27(28)30(41)38-24-6-4-3-5-20(24)16-33(34,35)36/h14-15,18-20,22,24,27-28H,3-13,16H2,1-2H3,(H,38,41)(H,39,40)(H,42,43)/t18-,19+,20+,22-,24+,27+,28-,32+/m1/s1. The van der Waals surface area contributed by atoms with E-state index in [0.717, 1.165) is 25.7 Å². The number of carboxylic acids is 1. The fourth-order valence-corrected chi connectivity index (χ4v) is 8.15. The smallest absolute Gasteiger partial charge is 0.389 e. The summed E-state index contributed by atoms with van der Waals surface area (Å²) in [5.74, 6) is -2.38. The van der Waals surface area contributed by atoms with Crippen molar-refractivity contribution in [2.24, 2.45) is 29.1 Å². The quantitative estimate of drug-likeness (QED) is 0.315. The first-order valence-electron chi connectivity index (χ1n) is 16.0. The maximum atomic E-state index is 13.8. The van der Waals surface area contributed by atoms with Gasteiger partial charge in [0.15, 0.2) is 0 Å². The number of benzene rings is 1. The van der Waals surface area contributed by atoms with Gasteiger partial charge in [0.1, 0.15) is 17.6 Å². The maximum Gasteiger partial charge on any atom is 0.389 e. The Morgan fingerprint density at radius 1 is 1.02 bits per heavy atom. The van der Waals surface area contributed by atoms with E-state index in [1.807, 2.05) is 0 Å². The normalized spacial score (nSPS) is 32.8. The zero-order chi connectivity index (χ0) is 32.5. The number of nitriles is 1. The lowest BCUT2D eigenvalue weighted by atomic mass is 9.75. The second-order valence-corrected chi connectivity index (χ2v) is 13.7. The first-order chi connectivity index (χ1) is 21.3. The van der Waals surface area contributed by atoms with Crippen molar-refractivity contribution in [2.45, 2.75) is 108 Å². The number of rotatable bonds is 9. The molecule has 2 bridgehead atoms. The molecule has 5 rings (SSSR count). The molecular weight excluding hydrogens is 591 g/mol. The van der Waals surface area contributed by atoms with Crippen LogP contribution in [0.1, 0.15) is 99.9 Å².